The first-order valence-corrected chi connectivity index (χ1v) is 11.7. The summed E-state index contributed by atoms with van der Waals surface area (Å²) in [7, 11) is 0. The van der Waals surface area contributed by atoms with Crippen LogP contribution in [-0.4, -0.2) is 33.8 Å². The van der Waals surface area contributed by atoms with Crippen LogP contribution in [0, 0.1) is 6.92 Å². The second-order valence-corrected chi connectivity index (χ2v) is 10.4. The number of hydrogen-bond acceptors (Lipinski definition) is 7. The fraction of sp³-hybridized carbons (Fsp3) is 0.538. The van der Waals surface area contributed by atoms with Gasteiger partial charge in [-0.15, -0.1) is 5.10 Å². The van der Waals surface area contributed by atoms with Crippen molar-refractivity contribution in [1.29, 1.82) is 0 Å². The molecule has 33 heavy (non-hydrogen) atoms. The van der Waals surface area contributed by atoms with E-state index in [4.69, 9.17) is 9.72 Å². The van der Waals surface area contributed by atoms with E-state index < -0.39 is 11.0 Å². The van der Waals surface area contributed by atoms with Crippen molar-refractivity contribution in [2.75, 3.05) is 6.54 Å². The number of carbonyl (C=O) groups excluding carboxylic acids is 1. The molecule has 7 nitrogen and oxygen atoms in total. The lowest BCUT2D eigenvalue weighted by atomic mass is 9.79. The Morgan fingerprint density at radius 1 is 1.03 bits per heavy atom. The highest BCUT2D eigenvalue weighted by atomic mass is 16.6. The Morgan fingerprint density at radius 2 is 1.79 bits per heavy atom. The van der Waals surface area contributed by atoms with Crippen molar-refractivity contribution in [2.24, 2.45) is 15.4 Å². The van der Waals surface area contributed by atoms with E-state index in [9.17, 15) is 4.79 Å². The first-order chi connectivity index (χ1) is 15.6. The minimum Gasteiger partial charge on any atom is -0.459 e. The predicted octanol–water partition coefficient (Wildman–Crippen LogP) is 5.51. The predicted molar refractivity (Wildman–Crippen MR) is 129 cm³/mol. The van der Waals surface area contributed by atoms with Gasteiger partial charge >= 0.3 is 5.97 Å². The Hall–Kier alpha value is -2.96. The summed E-state index contributed by atoms with van der Waals surface area (Å²) < 4.78 is 5.83. The van der Waals surface area contributed by atoms with E-state index in [-0.39, 0.29) is 5.97 Å². The van der Waals surface area contributed by atoms with Crippen LogP contribution in [0.4, 0.5) is 0 Å². The zero-order chi connectivity index (χ0) is 23.8. The molecule has 0 amide bonds. The standard InChI is InChI=1S/C26H33N5O2/c1-16-14-17(12-13-27-16)21-18-10-8-7-9-11-19(18)29-23(22(21)20-15-28-31-30-20)26(5,6)24(32)33-25(2,3)4/h12-14H,7-11,15H2,1-6H3. The van der Waals surface area contributed by atoms with Gasteiger partial charge in [0, 0.05) is 23.1 Å². The summed E-state index contributed by atoms with van der Waals surface area (Å²) in [6.07, 6.45) is 7.04. The van der Waals surface area contributed by atoms with Gasteiger partial charge in [0.2, 0.25) is 0 Å². The third kappa shape index (κ3) is 4.72. The molecule has 0 unspecified atom stereocenters. The summed E-state index contributed by atoms with van der Waals surface area (Å²) in [5.74, 6) is -0.304. The highest BCUT2D eigenvalue weighted by Crippen LogP contribution is 2.40. The van der Waals surface area contributed by atoms with E-state index >= 15 is 0 Å². The summed E-state index contributed by atoms with van der Waals surface area (Å²) in [6, 6.07) is 4.13. The van der Waals surface area contributed by atoms with E-state index in [2.05, 4.69) is 26.5 Å². The van der Waals surface area contributed by atoms with Crippen LogP contribution in [-0.2, 0) is 27.8 Å². The first kappa shape index (κ1) is 23.2. The number of nitrogens with zero attached hydrogens (tertiary/aromatic N) is 5. The molecule has 0 N–H and O–H groups in total. The van der Waals surface area contributed by atoms with E-state index in [0.29, 0.717) is 12.2 Å². The van der Waals surface area contributed by atoms with Crippen molar-refractivity contribution in [3.8, 4) is 11.1 Å². The lowest BCUT2D eigenvalue weighted by molar-refractivity contribution is -0.161. The Bertz CT molecular complexity index is 1140. The molecular weight excluding hydrogens is 414 g/mol. The molecule has 0 saturated heterocycles. The van der Waals surface area contributed by atoms with Crippen molar-refractivity contribution in [3.63, 3.8) is 0 Å². The fourth-order valence-electron chi connectivity index (χ4n) is 4.52. The molecule has 1 aliphatic carbocycles. The molecule has 0 fully saturated rings. The van der Waals surface area contributed by atoms with Crippen molar-refractivity contribution < 1.29 is 9.53 Å². The molecule has 0 spiro atoms. The molecule has 0 bridgehead atoms. The second kappa shape index (κ2) is 8.76. The highest BCUT2D eigenvalue weighted by molar-refractivity contribution is 6.10. The van der Waals surface area contributed by atoms with E-state index in [1.54, 1.807) is 0 Å². The Morgan fingerprint density at radius 3 is 2.45 bits per heavy atom. The van der Waals surface area contributed by atoms with Gasteiger partial charge in [0.1, 0.15) is 17.6 Å². The summed E-state index contributed by atoms with van der Waals surface area (Å²) in [6.45, 7) is 11.8. The maximum atomic E-state index is 13.4. The molecule has 0 saturated carbocycles. The number of carbonyl (C=O) groups is 1. The van der Waals surface area contributed by atoms with Gasteiger partial charge in [-0.1, -0.05) is 6.42 Å². The van der Waals surface area contributed by atoms with Crippen molar-refractivity contribution >= 4 is 11.7 Å². The van der Waals surface area contributed by atoms with Crippen LogP contribution < -0.4 is 0 Å². The van der Waals surface area contributed by atoms with Gasteiger partial charge in [0.05, 0.1) is 11.4 Å². The zero-order valence-electron chi connectivity index (χ0n) is 20.5. The van der Waals surface area contributed by atoms with Crippen molar-refractivity contribution in [1.82, 2.24) is 9.97 Å². The molecule has 7 heteroatoms. The van der Waals surface area contributed by atoms with Gasteiger partial charge in [-0.25, -0.2) is 0 Å². The zero-order valence-corrected chi connectivity index (χ0v) is 20.5. The van der Waals surface area contributed by atoms with E-state index in [1.165, 1.54) is 5.56 Å². The number of ether oxygens (including phenoxy) is 1. The molecular formula is C26H33N5O2. The number of hydrogen-bond donors (Lipinski definition) is 0. The minimum absolute atomic E-state index is 0.304. The third-order valence-corrected chi connectivity index (χ3v) is 6.15. The largest absolute Gasteiger partial charge is 0.459 e. The summed E-state index contributed by atoms with van der Waals surface area (Å²) in [5.41, 5.74) is 6.12. The minimum atomic E-state index is -0.980. The number of pyridine rings is 2. The Labute approximate surface area is 195 Å². The normalized spacial score (nSPS) is 16.2. The van der Waals surface area contributed by atoms with Crippen LogP contribution >= 0.6 is 0 Å². The van der Waals surface area contributed by atoms with Gasteiger partial charge in [-0.3, -0.25) is 14.8 Å². The molecule has 174 valence electrons. The lowest BCUT2D eigenvalue weighted by Crippen LogP contribution is -2.39. The third-order valence-electron chi connectivity index (χ3n) is 6.15. The van der Waals surface area contributed by atoms with Gasteiger partial charge < -0.3 is 4.74 Å². The van der Waals surface area contributed by atoms with Gasteiger partial charge in [0.25, 0.3) is 0 Å². The van der Waals surface area contributed by atoms with Crippen LogP contribution in [0.3, 0.4) is 0 Å². The Balaban J connectivity index is 2.03. The van der Waals surface area contributed by atoms with Crippen LogP contribution in [0.15, 0.2) is 33.8 Å². The van der Waals surface area contributed by atoms with E-state index in [1.807, 2.05) is 53.8 Å². The van der Waals surface area contributed by atoms with Crippen molar-refractivity contribution in [2.45, 2.75) is 84.7 Å². The monoisotopic (exact) mass is 447 g/mol. The van der Waals surface area contributed by atoms with Crippen LogP contribution in [0.5, 0.6) is 0 Å². The fourth-order valence-corrected chi connectivity index (χ4v) is 4.52. The van der Waals surface area contributed by atoms with Gasteiger partial charge in [-0.05, 0) is 101 Å². The molecule has 2 aromatic heterocycles. The first-order valence-electron chi connectivity index (χ1n) is 11.7. The number of aryl methyl sites for hydroxylation is 2. The molecule has 3 heterocycles. The molecule has 0 aromatic carbocycles. The number of fused-ring (bicyclic) bond motifs is 1. The van der Waals surface area contributed by atoms with E-state index in [0.717, 1.165) is 65.9 Å². The summed E-state index contributed by atoms with van der Waals surface area (Å²) in [5, 5.41) is 12.4. The lowest BCUT2D eigenvalue weighted by Gasteiger charge is -2.31. The second-order valence-electron chi connectivity index (χ2n) is 10.4. The average molecular weight is 448 g/mol. The summed E-state index contributed by atoms with van der Waals surface area (Å²) in [4.78, 5) is 23.0. The van der Waals surface area contributed by atoms with Gasteiger partial charge in [-0.2, -0.15) is 5.11 Å². The number of esters is 1. The maximum absolute atomic E-state index is 13.4. The molecule has 4 rings (SSSR count). The topological polar surface area (TPSA) is 89.2 Å². The number of aromatic nitrogens is 2. The molecule has 1 aliphatic heterocycles. The Kier molecular flexibility index (Phi) is 6.16. The average Bonchev–Trinajstić information content (AvgIpc) is 3.16. The maximum Gasteiger partial charge on any atom is 0.318 e. The SMILES string of the molecule is Cc1cc(-c2c3c(nc(C(C)(C)C(=O)OC(C)(C)C)c2C2=NN=NC2)CCCCC3)ccn1. The molecule has 0 atom stereocenters. The number of rotatable bonds is 4. The van der Waals surface area contributed by atoms with Crippen molar-refractivity contribution in [3.05, 3.63) is 46.5 Å². The summed E-state index contributed by atoms with van der Waals surface area (Å²) >= 11 is 0. The van der Waals surface area contributed by atoms with Crippen LogP contribution in [0.25, 0.3) is 11.1 Å². The highest BCUT2D eigenvalue weighted by Gasteiger charge is 2.41. The molecule has 0 radical (unpaired) electrons. The van der Waals surface area contributed by atoms with Crippen LogP contribution in [0.1, 0.15) is 82.1 Å². The smallest absolute Gasteiger partial charge is 0.318 e. The van der Waals surface area contributed by atoms with Gasteiger partial charge in [0.15, 0.2) is 0 Å². The molecule has 2 aliphatic rings. The molecule has 2 aromatic rings. The quantitative estimate of drug-likeness (QED) is 0.456. The van der Waals surface area contributed by atoms with Crippen LogP contribution in [0.2, 0.25) is 0 Å².